The van der Waals surface area contributed by atoms with Crippen molar-refractivity contribution in [3.05, 3.63) is 0 Å². The molecule has 2 N–H and O–H groups in total. The third-order valence-corrected chi connectivity index (χ3v) is 4.16. The summed E-state index contributed by atoms with van der Waals surface area (Å²) in [7, 11) is 2.32. The maximum Gasteiger partial charge on any atom is 0.226 e. The van der Waals surface area contributed by atoms with Crippen LogP contribution in [0, 0.1) is 10.8 Å². The third kappa shape index (κ3) is 4.00. The summed E-state index contributed by atoms with van der Waals surface area (Å²) in [5, 5.41) is 12.3. The van der Waals surface area contributed by atoms with Gasteiger partial charge < -0.3 is 10.4 Å². The average Bonchev–Trinajstić information content (AvgIpc) is 2.76. The molecule has 3 nitrogen and oxygen atoms in total. The second-order valence-corrected chi connectivity index (χ2v) is 8.38. The Balaban J connectivity index is 2.86. The number of amides is 1. The van der Waals surface area contributed by atoms with Gasteiger partial charge in [0, 0.05) is 12.0 Å². The van der Waals surface area contributed by atoms with Crippen LogP contribution in [0.4, 0.5) is 0 Å². The molecule has 3 atom stereocenters. The van der Waals surface area contributed by atoms with Gasteiger partial charge in [0.25, 0.3) is 0 Å². The average molecular weight is 280 g/mol. The number of rotatable bonds is 6. The minimum atomic E-state index is -0.496. The highest BCUT2D eigenvalue weighted by Gasteiger charge is 2.68. The zero-order valence-corrected chi connectivity index (χ0v) is 14.2. The molecule has 20 heavy (non-hydrogen) atoms. The molecule has 0 aromatic carbocycles. The maximum atomic E-state index is 12.7. The predicted octanol–water partition coefficient (Wildman–Crippen LogP) is 3.02. The van der Waals surface area contributed by atoms with E-state index in [1.165, 1.54) is 0 Å². The van der Waals surface area contributed by atoms with Crippen molar-refractivity contribution in [2.45, 2.75) is 78.5 Å². The van der Waals surface area contributed by atoms with Gasteiger partial charge in [-0.15, -0.1) is 0 Å². The fourth-order valence-corrected chi connectivity index (χ4v) is 3.54. The van der Waals surface area contributed by atoms with E-state index < -0.39 is 6.10 Å². The van der Waals surface area contributed by atoms with Gasteiger partial charge in [-0.05, 0) is 30.5 Å². The van der Waals surface area contributed by atoms with Crippen LogP contribution in [0.25, 0.3) is 0 Å². The molecule has 1 aliphatic carbocycles. The Bertz CT molecular complexity index is 362. The molecule has 1 radical (unpaired) electrons. The van der Waals surface area contributed by atoms with Gasteiger partial charge in [0.1, 0.15) is 7.28 Å². The van der Waals surface area contributed by atoms with Crippen molar-refractivity contribution in [3.8, 4) is 0 Å². The molecular formula is C16H31BNO2. The smallest absolute Gasteiger partial charge is 0.226 e. The van der Waals surface area contributed by atoms with Crippen molar-refractivity contribution in [2.24, 2.45) is 10.8 Å². The molecule has 1 amide bonds. The largest absolute Gasteiger partial charge is 0.392 e. The lowest BCUT2D eigenvalue weighted by molar-refractivity contribution is -0.128. The van der Waals surface area contributed by atoms with E-state index in [1.54, 1.807) is 6.92 Å². The Kier molecular flexibility index (Phi) is 5.01. The summed E-state index contributed by atoms with van der Waals surface area (Å²) in [5.74, 6) is 0.583. The summed E-state index contributed by atoms with van der Waals surface area (Å²) in [4.78, 5) is 12.7. The number of nitrogens with one attached hydrogen (secondary N) is 1. The van der Waals surface area contributed by atoms with Gasteiger partial charge in [-0.2, -0.15) is 0 Å². The van der Waals surface area contributed by atoms with Gasteiger partial charge in [-0.1, -0.05) is 47.4 Å². The highest BCUT2D eigenvalue weighted by Crippen LogP contribution is 2.74. The molecule has 1 aliphatic rings. The normalized spacial score (nSPS) is 31.1. The molecule has 0 spiro atoms. The first-order valence-corrected chi connectivity index (χ1v) is 7.74. The van der Waals surface area contributed by atoms with Gasteiger partial charge in [0.15, 0.2) is 0 Å². The Labute approximate surface area is 125 Å². The topological polar surface area (TPSA) is 49.3 Å². The van der Waals surface area contributed by atoms with Crippen LogP contribution in [0.1, 0.15) is 61.3 Å². The fourth-order valence-electron chi connectivity index (χ4n) is 3.54. The Hall–Kier alpha value is -0.505. The standard InChI is InChI=1S/C16H31BNO2/c1-11(2)17-15(7)10-16(15,9-14(4,5)6)13(20)18-8-12(3)19/h11-12,19H,8-10H2,1-7H3,(H,18,20). The molecule has 1 saturated carbocycles. The van der Waals surface area contributed by atoms with E-state index in [0.717, 1.165) is 12.8 Å². The SMILES string of the molecule is CC(C)[B]C1(C)CC1(CC(C)(C)C)C(=O)NCC(C)O. The minimum Gasteiger partial charge on any atom is -0.392 e. The van der Waals surface area contributed by atoms with Gasteiger partial charge in [-0.3, -0.25) is 4.79 Å². The number of hydrogen-bond donors (Lipinski definition) is 2. The number of aliphatic hydroxyl groups is 1. The molecule has 0 aliphatic heterocycles. The Morgan fingerprint density at radius 3 is 2.30 bits per heavy atom. The second-order valence-electron chi connectivity index (χ2n) is 8.38. The first-order chi connectivity index (χ1) is 8.92. The summed E-state index contributed by atoms with van der Waals surface area (Å²) in [6.45, 7) is 15.1. The Morgan fingerprint density at radius 2 is 1.90 bits per heavy atom. The predicted molar refractivity (Wildman–Crippen MR) is 85.0 cm³/mol. The molecule has 0 aromatic heterocycles. The lowest BCUT2D eigenvalue weighted by Gasteiger charge is -2.30. The highest BCUT2D eigenvalue weighted by molar-refractivity contribution is 6.45. The maximum absolute atomic E-state index is 12.7. The van der Waals surface area contributed by atoms with Crippen LogP contribution in [0.5, 0.6) is 0 Å². The number of carbonyl (C=O) groups is 1. The number of hydrogen-bond acceptors (Lipinski definition) is 2. The van der Waals surface area contributed by atoms with Gasteiger partial charge in [-0.25, -0.2) is 0 Å². The summed E-state index contributed by atoms with van der Waals surface area (Å²) in [6, 6.07) is 0. The van der Waals surface area contributed by atoms with Crippen molar-refractivity contribution in [1.82, 2.24) is 5.32 Å². The monoisotopic (exact) mass is 280 g/mol. The van der Waals surface area contributed by atoms with Crippen molar-refractivity contribution in [3.63, 3.8) is 0 Å². The second kappa shape index (κ2) is 5.71. The van der Waals surface area contributed by atoms with Crippen LogP contribution >= 0.6 is 0 Å². The van der Waals surface area contributed by atoms with Crippen LogP contribution < -0.4 is 5.32 Å². The van der Waals surface area contributed by atoms with Crippen LogP contribution in [-0.2, 0) is 4.79 Å². The van der Waals surface area contributed by atoms with Crippen LogP contribution in [0.2, 0.25) is 11.1 Å². The molecule has 1 fully saturated rings. The minimum absolute atomic E-state index is 0.0166. The molecule has 4 heteroatoms. The summed E-state index contributed by atoms with van der Waals surface area (Å²) < 4.78 is 0. The molecule has 0 heterocycles. The molecular weight excluding hydrogens is 249 g/mol. The zero-order chi connectivity index (χ0) is 15.8. The van der Waals surface area contributed by atoms with Crippen molar-refractivity contribution in [2.75, 3.05) is 6.54 Å². The first-order valence-electron chi connectivity index (χ1n) is 7.74. The van der Waals surface area contributed by atoms with Crippen molar-refractivity contribution < 1.29 is 9.90 Å². The van der Waals surface area contributed by atoms with Gasteiger partial charge in [0.2, 0.25) is 5.91 Å². The quantitative estimate of drug-likeness (QED) is 0.735. The van der Waals surface area contributed by atoms with E-state index in [9.17, 15) is 9.90 Å². The van der Waals surface area contributed by atoms with Crippen molar-refractivity contribution >= 4 is 13.2 Å². The first kappa shape index (κ1) is 17.5. The summed E-state index contributed by atoms with van der Waals surface area (Å²) in [5.41, 5.74) is -0.185. The van der Waals surface area contributed by atoms with Gasteiger partial charge >= 0.3 is 0 Å². The lowest BCUT2D eigenvalue weighted by Crippen LogP contribution is -2.40. The highest BCUT2D eigenvalue weighted by atomic mass is 16.3. The zero-order valence-electron chi connectivity index (χ0n) is 14.2. The molecule has 0 bridgehead atoms. The molecule has 3 unspecified atom stereocenters. The number of carbonyl (C=O) groups excluding carboxylic acids is 1. The molecule has 1 rings (SSSR count). The van der Waals surface area contributed by atoms with E-state index >= 15 is 0 Å². The van der Waals surface area contributed by atoms with E-state index in [-0.39, 0.29) is 22.1 Å². The molecule has 115 valence electrons. The molecule has 0 saturated heterocycles. The van der Waals surface area contributed by atoms with Gasteiger partial charge in [0.05, 0.1) is 6.10 Å². The van der Waals surface area contributed by atoms with E-state index in [0.29, 0.717) is 12.4 Å². The van der Waals surface area contributed by atoms with Crippen LogP contribution in [0.15, 0.2) is 0 Å². The van der Waals surface area contributed by atoms with Crippen molar-refractivity contribution in [1.29, 1.82) is 0 Å². The number of aliphatic hydroxyl groups excluding tert-OH is 1. The van der Waals surface area contributed by atoms with E-state index in [1.807, 2.05) is 0 Å². The third-order valence-electron chi connectivity index (χ3n) is 4.16. The van der Waals surface area contributed by atoms with E-state index in [2.05, 4.69) is 54.1 Å². The fraction of sp³-hybridized carbons (Fsp3) is 0.938. The summed E-state index contributed by atoms with van der Waals surface area (Å²) in [6.07, 6.45) is 1.30. The van der Waals surface area contributed by atoms with Crippen LogP contribution in [0.3, 0.4) is 0 Å². The Morgan fingerprint density at radius 1 is 1.35 bits per heavy atom. The van der Waals surface area contributed by atoms with E-state index in [4.69, 9.17) is 0 Å². The lowest BCUT2D eigenvalue weighted by atomic mass is 9.50. The summed E-state index contributed by atoms with van der Waals surface area (Å²) >= 11 is 0. The van der Waals surface area contributed by atoms with Crippen LogP contribution in [-0.4, -0.2) is 30.9 Å². The molecule has 0 aromatic rings.